The maximum absolute atomic E-state index is 10.3. The second-order valence-corrected chi connectivity index (χ2v) is 2.39. The first-order valence-corrected chi connectivity index (χ1v) is 3.68. The fraction of sp³-hybridized carbons (Fsp3) is 0.333. The molecule has 1 atom stereocenters. The number of aliphatic carboxylic acids is 2. The van der Waals surface area contributed by atoms with Crippen molar-refractivity contribution >= 4 is 27.9 Å². The summed E-state index contributed by atoms with van der Waals surface area (Å²) in [6, 6.07) is 0. The van der Waals surface area contributed by atoms with Crippen LogP contribution < -0.4 is 0 Å². The zero-order valence-electron chi connectivity index (χ0n) is 5.74. The maximum atomic E-state index is 10.3. The van der Waals surface area contributed by atoms with Gasteiger partial charge >= 0.3 is 11.9 Å². The van der Waals surface area contributed by atoms with Crippen LogP contribution in [0.25, 0.3) is 0 Å². The van der Waals surface area contributed by atoms with Gasteiger partial charge in [0.2, 0.25) is 0 Å². The first kappa shape index (κ1) is 10.2. The highest BCUT2D eigenvalue weighted by atomic mass is 79.9. The lowest BCUT2D eigenvalue weighted by Gasteiger charge is -2.04. The molecule has 0 amide bonds. The number of halogens is 1. The Morgan fingerprint density at radius 2 is 1.91 bits per heavy atom. The third-order valence-corrected chi connectivity index (χ3v) is 1.69. The molecule has 0 radical (unpaired) electrons. The largest absolute Gasteiger partial charge is 0.481 e. The summed E-state index contributed by atoms with van der Waals surface area (Å²) in [5, 5.41) is 16.8. The van der Waals surface area contributed by atoms with Crippen LogP contribution in [0.2, 0.25) is 0 Å². The molecule has 0 aromatic heterocycles. The van der Waals surface area contributed by atoms with Crippen molar-refractivity contribution in [2.24, 2.45) is 5.92 Å². The van der Waals surface area contributed by atoms with Crippen molar-refractivity contribution in [3.05, 3.63) is 10.6 Å². The van der Waals surface area contributed by atoms with Crippen LogP contribution in [0, 0.1) is 5.92 Å². The molecular formula is C6H7BrO4. The van der Waals surface area contributed by atoms with E-state index in [-0.39, 0.29) is 5.57 Å². The minimum Gasteiger partial charge on any atom is -0.481 e. The van der Waals surface area contributed by atoms with E-state index in [1.165, 1.54) is 6.92 Å². The highest BCUT2D eigenvalue weighted by Gasteiger charge is 2.21. The van der Waals surface area contributed by atoms with Gasteiger partial charge in [0, 0.05) is 0 Å². The van der Waals surface area contributed by atoms with Gasteiger partial charge in [-0.1, -0.05) is 15.9 Å². The SMILES string of the molecule is CC(C(=O)O)/C(=C/Br)C(=O)O. The van der Waals surface area contributed by atoms with Crippen LogP contribution >= 0.6 is 15.9 Å². The van der Waals surface area contributed by atoms with E-state index in [0.29, 0.717) is 0 Å². The van der Waals surface area contributed by atoms with E-state index < -0.39 is 17.9 Å². The van der Waals surface area contributed by atoms with Gasteiger partial charge in [-0.2, -0.15) is 0 Å². The molecule has 0 aliphatic carbocycles. The molecule has 0 aliphatic rings. The molecule has 4 nitrogen and oxygen atoms in total. The van der Waals surface area contributed by atoms with Gasteiger partial charge in [0.25, 0.3) is 0 Å². The van der Waals surface area contributed by atoms with Crippen LogP contribution in [0.1, 0.15) is 6.92 Å². The second kappa shape index (κ2) is 4.12. The van der Waals surface area contributed by atoms with Crippen molar-refractivity contribution in [1.29, 1.82) is 0 Å². The number of hydrogen-bond donors (Lipinski definition) is 2. The minimum absolute atomic E-state index is 0.169. The number of rotatable bonds is 3. The summed E-state index contributed by atoms with van der Waals surface area (Å²) >= 11 is 2.78. The van der Waals surface area contributed by atoms with Crippen LogP contribution in [0.5, 0.6) is 0 Å². The Balaban J connectivity index is 4.54. The fourth-order valence-corrected chi connectivity index (χ4v) is 1.05. The average Bonchev–Trinajstić information content (AvgIpc) is 1.88. The molecule has 0 aliphatic heterocycles. The van der Waals surface area contributed by atoms with E-state index in [9.17, 15) is 9.59 Å². The van der Waals surface area contributed by atoms with Gasteiger partial charge in [0.15, 0.2) is 0 Å². The Hall–Kier alpha value is -0.840. The van der Waals surface area contributed by atoms with Gasteiger partial charge < -0.3 is 10.2 Å². The summed E-state index contributed by atoms with van der Waals surface area (Å²) in [7, 11) is 0. The van der Waals surface area contributed by atoms with Crippen molar-refractivity contribution in [2.45, 2.75) is 6.92 Å². The standard InChI is InChI=1S/C6H7BrO4/c1-3(5(8)9)4(2-7)6(10)11/h2-3H,1H3,(H,8,9)(H,10,11)/b4-2-. The molecule has 0 fully saturated rings. The van der Waals surface area contributed by atoms with Crippen molar-refractivity contribution in [3.63, 3.8) is 0 Å². The fourth-order valence-electron chi connectivity index (χ4n) is 0.459. The van der Waals surface area contributed by atoms with Gasteiger partial charge in [-0.05, 0) is 11.9 Å². The minimum atomic E-state index is -1.23. The molecule has 0 bridgehead atoms. The molecule has 0 spiro atoms. The predicted octanol–water partition coefficient (Wildman–Crippen LogP) is 1.07. The van der Waals surface area contributed by atoms with E-state index >= 15 is 0 Å². The normalized spacial score (nSPS) is 14.2. The number of carbonyl (C=O) groups is 2. The number of carboxylic acid groups (broad SMARTS) is 2. The van der Waals surface area contributed by atoms with Crippen LogP contribution in [-0.4, -0.2) is 22.2 Å². The van der Waals surface area contributed by atoms with Gasteiger partial charge in [0.1, 0.15) is 0 Å². The highest BCUT2D eigenvalue weighted by Crippen LogP contribution is 2.12. The summed E-state index contributed by atoms with van der Waals surface area (Å²) in [4.78, 5) is 21.7. The van der Waals surface area contributed by atoms with E-state index in [1.807, 2.05) is 0 Å². The molecule has 62 valence electrons. The van der Waals surface area contributed by atoms with Gasteiger partial charge in [-0.15, -0.1) is 0 Å². The Morgan fingerprint density at radius 1 is 1.45 bits per heavy atom. The molecule has 0 heterocycles. The molecule has 0 aromatic carbocycles. The molecule has 0 aromatic rings. The monoisotopic (exact) mass is 222 g/mol. The number of carboxylic acids is 2. The van der Waals surface area contributed by atoms with Crippen LogP contribution in [0.3, 0.4) is 0 Å². The lowest BCUT2D eigenvalue weighted by molar-refractivity contribution is -0.143. The molecule has 2 N–H and O–H groups in total. The molecule has 0 rings (SSSR count). The summed E-state index contributed by atoms with van der Waals surface area (Å²) in [6.07, 6.45) is 0. The third-order valence-electron chi connectivity index (χ3n) is 1.20. The Bertz CT molecular complexity index is 209. The lowest BCUT2D eigenvalue weighted by Crippen LogP contribution is -2.17. The topological polar surface area (TPSA) is 74.6 Å². The van der Waals surface area contributed by atoms with E-state index in [1.54, 1.807) is 0 Å². The van der Waals surface area contributed by atoms with Crippen molar-refractivity contribution in [3.8, 4) is 0 Å². The summed E-state index contributed by atoms with van der Waals surface area (Å²) in [6.45, 7) is 1.31. The lowest BCUT2D eigenvalue weighted by atomic mass is 10.0. The molecule has 1 unspecified atom stereocenters. The smallest absolute Gasteiger partial charge is 0.332 e. The molecule has 11 heavy (non-hydrogen) atoms. The van der Waals surface area contributed by atoms with Gasteiger partial charge in [0.05, 0.1) is 11.5 Å². The summed E-state index contributed by atoms with van der Waals surface area (Å²) in [5.74, 6) is -3.37. The van der Waals surface area contributed by atoms with Gasteiger partial charge in [-0.25, -0.2) is 4.79 Å². The Kier molecular flexibility index (Phi) is 3.81. The van der Waals surface area contributed by atoms with Gasteiger partial charge in [-0.3, -0.25) is 4.79 Å². The molecule has 0 saturated carbocycles. The first-order chi connectivity index (χ1) is 5.00. The predicted molar refractivity (Wildman–Crippen MR) is 41.4 cm³/mol. The molecule has 5 heteroatoms. The summed E-state index contributed by atoms with van der Waals surface area (Å²) < 4.78 is 0. The average molecular weight is 223 g/mol. The molecule has 0 saturated heterocycles. The zero-order valence-corrected chi connectivity index (χ0v) is 7.33. The maximum Gasteiger partial charge on any atom is 0.332 e. The van der Waals surface area contributed by atoms with Crippen LogP contribution in [0.4, 0.5) is 0 Å². The zero-order chi connectivity index (χ0) is 9.02. The molecular weight excluding hydrogens is 216 g/mol. The summed E-state index contributed by atoms with van der Waals surface area (Å²) in [5.41, 5.74) is -0.169. The van der Waals surface area contributed by atoms with Crippen LogP contribution in [-0.2, 0) is 9.59 Å². The first-order valence-electron chi connectivity index (χ1n) is 2.77. The van der Waals surface area contributed by atoms with E-state index in [2.05, 4.69) is 15.9 Å². The Morgan fingerprint density at radius 3 is 2.00 bits per heavy atom. The van der Waals surface area contributed by atoms with E-state index in [0.717, 1.165) is 4.99 Å². The number of hydrogen-bond acceptors (Lipinski definition) is 2. The quantitative estimate of drug-likeness (QED) is 0.701. The van der Waals surface area contributed by atoms with E-state index in [4.69, 9.17) is 10.2 Å². The van der Waals surface area contributed by atoms with Crippen molar-refractivity contribution in [1.82, 2.24) is 0 Å². The highest BCUT2D eigenvalue weighted by molar-refractivity contribution is 9.11. The van der Waals surface area contributed by atoms with Crippen molar-refractivity contribution in [2.75, 3.05) is 0 Å². The second-order valence-electron chi connectivity index (χ2n) is 1.93. The Labute approximate surface area is 71.7 Å². The third kappa shape index (κ3) is 2.71. The van der Waals surface area contributed by atoms with Crippen LogP contribution in [0.15, 0.2) is 10.6 Å². The van der Waals surface area contributed by atoms with Crippen molar-refractivity contribution < 1.29 is 19.8 Å².